The summed E-state index contributed by atoms with van der Waals surface area (Å²) in [5, 5.41) is 3.66. The quantitative estimate of drug-likeness (QED) is 0.744. The van der Waals surface area contributed by atoms with Crippen molar-refractivity contribution in [3.8, 4) is 0 Å². The second-order valence-electron chi connectivity index (χ2n) is 6.53. The van der Waals surface area contributed by atoms with E-state index < -0.39 is 0 Å². The highest BCUT2D eigenvalue weighted by molar-refractivity contribution is 5.14. The van der Waals surface area contributed by atoms with Crippen molar-refractivity contribution in [2.45, 2.75) is 38.3 Å². The Bertz CT molecular complexity index is 405. The maximum absolute atomic E-state index is 5.70. The number of piperidine rings is 1. The molecule has 2 aliphatic rings. The molecule has 3 heteroatoms. The molecule has 1 atom stereocenters. The molecule has 1 aromatic carbocycles. The highest BCUT2D eigenvalue weighted by Gasteiger charge is 2.21. The van der Waals surface area contributed by atoms with Crippen LogP contribution in [0.25, 0.3) is 0 Å². The lowest BCUT2D eigenvalue weighted by Gasteiger charge is -2.33. The first-order chi connectivity index (χ1) is 10.4. The highest BCUT2D eigenvalue weighted by atomic mass is 16.5. The van der Waals surface area contributed by atoms with Gasteiger partial charge in [-0.05, 0) is 43.7 Å². The van der Waals surface area contributed by atoms with E-state index in [0.29, 0.717) is 6.04 Å². The number of rotatable bonds is 8. The summed E-state index contributed by atoms with van der Waals surface area (Å²) in [7, 11) is 0. The molecule has 1 aromatic rings. The van der Waals surface area contributed by atoms with E-state index >= 15 is 0 Å². The maximum atomic E-state index is 5.70. The minimum atomic E-state index is 0.631. The van der Waals surface area contributed by atoms with Gasteiger partial charge in [-0.2, -0.15) is 0 Å². The van der Waals surface area contributed by atoms with Crippen molar-refractivity contribution in [3.63, 3.8) is 0 Å². The molecule has 0 amide bonds. The Morgan fingerprint density at radius 1 is 1.14 bits per heavy atom. The summed E-state index contributed by atoms with van der Waals surface area (Å²) >= 11 is 0. The third-order valence-corrected chi connectivity index (χ3v) is 4.48. The molecule has 0 radical (unpaired) electrons. The van der Waals surface area contributed by atoms with Crippen molar-refractivity contribution in [3.05, 3.63) is 35.9 Å². The topological polar surface area (TPSA) is 24.5 Å². The molecular weight excluding hydrogens is 260 g/mol. The van der Waals surface area contributed by atoms with Crippen LogP contribution in [0.3, 0.4) is 0 Å². The molecule has 116 valence electrons. The first-order valence-electron chi connectivity index (χ1n) is 8.47. The van der Waals surface area contributed by atoms with Crippen LogP contribution in [0.4, 0.5) is 0 Å². The molecule has 1 aliphatic heterocycles. The van der Waals surface area contributed by atoms with E-state index in [1.807, 2.05) is 0 Å². The molecule has 1 N–H and O–H groups in total. The molecule has 3 nitrogen and oxygen atoms in total. The minimum absolute atomic E-state index is 0.631. The fraction of sp³-hybridized carbons (Fsp3) is 0.667. The van der Waals surface area contributed by atoms with Crippen LogP contribution in [0.2, 0.25) is 0 Å². The standard InChI is InChI=1S/C18H28N2O/c1-2-5-16(6-3-1)13-20-11-4-7-18(14-20)19-10-12-21-15-17-8-9-17/h1-3,5-6,17-19H,4,7-15H2. The van der Waals surface area contributed by atoms with Crippen molar-refractivity contribution in [2.75, 3.05) is 32.8 Å². The number of hydrogen-bond donors (Lipinski definition) is 1. The van der Waals surface area contributed by atoms with Gasteiger partial charge in [0.1, 0.15) is 0 Å². The van der Waals surface area contributed by atoms with Gasteiger partial charge in [-0.3, -0.25) is 4.90 Å². The lowest BCUT2D eigenvalue weighted by Crippen LogP contribution is -2.46. The molecular formula is C18H28N2O. The predicted octanol–water partition coefficient (Wildman–Crippen LogP) is 2.67. The molecule has 0 bridgehead atoms. The average Bonchev–Trinajstić information content (AvgIpc) is 3.33. The van der Waals surface area contributed by atoms with Gasteiger partial charge in [-0.1, -0.05) is 30.3 Å². The molecule has 3 rings (SSSR count). The summed E-state index contributed by atoms with van der Waals surface area (Å²) in [5.74, 6) is 0.876. The van der Waals surface area contributed by atoms with Gasteiger partial charge in [0.25, 0.3) is 0 Å². The second-order valence-corrected chi connectivity index (χ2v) is 6.53. The molecule has 2 fully saturated rings. The zero-order chi connectivity index (χ0) is 14.3. The van der Waals surface area contributed by atoms with Gasteiger partial charge in [0.2, 0.25) is 0 Å². The Balaban J connectivity index is 1.32. The smallest absolute Gasteiger partial charge is 0.0591 e. The SMILES string of the molecule is c1ccc(CN2CCCC(NCCOCC3CC3)C2)cc1. The van der Waals surface area contributed by atoms with Crippen LogP contribution in [-0.4, -0.2) is 43.8 Å². The Hall–Kier alpha value is -0.900. The van der Waals surface area contributed by atoms with Gasteiger partial charge in [-0.15, -0.1) is 0 Å². The van der Waals surface area contributed by atoms with Crippen LogP contribution in [0.1, 0.15) is 31.2 Å². The number of likely N-dealkylation sites (tertiary alicyclic amines) is 1. The third-order valence-electron chi connectivity index (χ3n) is 4.48. The number of nitrogens with zero attached hydrogens (tertiary/aromatic N) is 1. The Kier molecular flexibility index (Phi) is 5.67. The van der Waals surface area contributed by atoms with E-state index in [1.165, 1.54) is 37.8 Å². The van der Waals surface area contributed by atoms with Gasteiger partial charge in [0.05, 0.1) is 6.61 Å². The van der Waals surface area contributed by atoms with Crippen molar-refractivity contribution in [2.24, 2.45) is 5.92 Å². The molecule has 1 saturated heterocycles. The zero-order valence-corrected chi connectivity index (χ0v) is 13.0. The van der Waals surface area contributed by atoms with Crippen molar-refractivity contribution in [1.29, 1.82) is 0 Å². The van der Waals surface area contributed by atoms with Gasteiger partial charge in [-0.25, -0.2) is 0 Å². The molecule has 1 heterocycles. The van der Waals surface area contributed by atoms with E-state index in [4.69, 9.17) is 4.74 Å². The second kappa shape index (κ2) is 7.92. The van der Waals surface area contributed by atoms with E-state index in [9.17, 15) is 0 Å². The first kappa shape index (κ1) is 15.0. The highest BCUT2D eigenvalue weighted by Crippen LogP contribution is 2.28. The monoisotopic (exact) mass is 288 g/mol. The van der Waals surface area contributed by atoms with Gasteiger partial charge in [0, 0.05) is 32.3 Å². The fourth-order valence-corrected chi connectivity index (χ4v) is 3.08. The summed E-state index contributed by atoms with van der Waals surface area (Å²) < 4.78 is 5.70. The largest absolute Gasteiger partial charge is 0.380 e. The van der Waals surface area contributed by atoms with Crippen LogP contribution < -0.4 is 5.32 Å². The van der Waals surface area contributed by atoms with Crippen LogP contribution in [-0.2, 0) is 11.3 Å². The molecule has 0 aromatic heterocycles. The summed E-state index contributed by atoms with van der Waals surface area (Å²) in [5.41, 5.74) is 1.42. The summed E-state index contributed by atoms with van der Waals surface area (Å²) in [6.45, 7) is 6.31. The average molecular weight is 288 g/mol. The van der Waals surface area contributed by atoms with E-state index in [0.717, 1.165) is 38.8 Å². The number of benzene rings is 1. The van der Waals surface area contributed by atoms with Gasteiger partial charge in [0.15, 0.2) is 0 Å². The number of nitrogens with one attached hydrogen (secondary N) is 1. The van der Waals surface area contributed by atoms with Crippen LogP contribution in [0.15, 0.2) is 30.3 Å². The molecule has 1 unspecified atom stereocenters. The number of ether oxygens (including phenoxy) is 1. The van der Waals surface area contributed by atoms with Crippen LogP contribution >= 0.6 is 0 Å². The van der Waals surface area contributed by atoms with E-state index in [2.05, 4.69) is 40.5 Å². The minimum Gasteiger partial charge on any atom is -0.380 e. The van der Waals surface area contributed by atoms with E-state index in [-0.39, 0.29) is 0 Å². The molecule has 1 saturated carbocycles. The van der Waals surface area contributed by atoms with Crippen molar-refractivity contribution < 1.29 is 4.74 Å². The molecule has 0 spiro atoms. The zero-order valence-electron chi connectivity index (χ0n) is 13.0. The van der Waals surface area contributed by atoms with Crippen LogP contribution in [0, 0.1) is 5.92 Å². The molecule has 1 aliphatic carbocycles. The first-order valence-corrected chi connectivity index (χ1v) is 8.47. The van der Waals surface area contributed by atoms with Crippen molar-refractivity contribution in [1.82, 2.24) is 10.2 Å². The normalized spacial score (nSPS) is 23.3. The Morgan fingerprint density at radius 2 is 2.00 bits per heavy atom. The summed E-state index contributed by atoms with van der Waals surface area (Å²) in [6.07, 6.45) is 5.36. The number of hydrogen-bond acceptors (Lipinski definition) is 3. The van der Waals surface area contributed by atoms with Crippen LogP contribution in [0.5, 0.6) is 0 Å². The fourth-order valence-electron chi connectivity index (χ4n) is 3.08. The van der Waals surface area contributed by atoms with E-state index in [1.54, 1.807) is 0 Å². The van der Waals surface area contributed by atoms with Gasteiger partial charge < -0.3 is 10.1 Å². The van der Waals surface area contributed by atoms with Crippen molar-refractivity contribution >= 4 is 0 Å². The Morgan fingerprint density at radius 3 is 2.81 bits per heavy atom. The van der Waals surface area contributed by atoms with Gasteiger partial charge >= 0.3 is 0 Å². The maximum Gasteiger partial charge on any atom is 0.0591 e. The summed E-state index contributed by atoms with van der Waals surface area (Å²) in [6, 6.07) is 11.4. The predicted molar refractivity (Wildman–Crippen MR) is 86.3 cm³/mol. The lowest BCUT2D eigenvalue weighted by molar-refractivity contribution is 0.117. The lowest BCUT2D eigenvalue weighted by atomic mass is 10.0. The summed E-state index contributed by atoms with van der Waals surface area (Å²) in [4.78, 5) is 2.57. The Labute approximate surface area is 128 Å². The third kappa shape index (κ3) is 5.42. The molecule has 21 heavy (non-hydrogen) atoms.